The van der Waals surface area contributed by atoms with Crippen molar-refractivity contribution >= 4 is 28.4 Å². The first-order valence-electron chi connectivity index (χ1n) is 13.0. The number of anilines is 1. The number of amides is 2. The van der Waals surface area contributed by atoms with Crippen LogP contribution in [0.3, 0.4) is 0 Å². The first-order chi connectivity index (χ1) is 19.7. The van der Waals surface area contributed by atoms with Crippen LogP contribution in [-0.2, 0) is 13.6 Å². The van der Waals surface area contributed by atoms with Crippen molar-refractivity contribution in [3.8, 4) is 28.5 Å². The fourth-order valence-electron chi connectivity index (χ4n) is 5.05. The van der Waals surface area contributed by atoms with E-state index in [1.807, 2.05) is 47.9 Å². The molecule has 0 fully saturated rings. The number of nitrogens with two attached hydrogens (primary N) is 1. The summed E-state index contributed by atoms with van der Waals surface area (Å²) in [6, 6.07) is 20.1. The van der Waals surface area contributed by atoms with E-state index in [-0.39, 0.29) is 16.8 Å². The van der Waals surface area contributed by atoms with Gasteiger partial charge in [-0.3, -0.25) is 14.4 Å². The van der Waals surface area contributed by atoms with Crippen LogP contribution in [0.25, 0.3) is 33.3 Å². The predicted octanol–water partition coefficient (Wildman–Crippen LogP) is 4.93. The molecule has 0 aliphatic carbocycles. The number of aryl methyl sites for hydroxylation is 4. The molecule has 0 aliphatic rings. The predicted molar refractivity (Wildman–Crippen MR) is 155 cm³/mol. The van der Waals surface area contributed by atoms with Crippen LogP contribution in [-0.4, -0.2) is 26.1 Å². The molecule has 41 heavy (non-hydrogen) atoms. The zero-order valence-corrected chi connectivity index (χ0v) is 22.9. The summed E-state index contributed by atoms with van der Waals surface area (Å²) in [5.74, 6) is -0.495. The molecule has 0 saturated heterocycles. The Morgan fingerprint density at radius 2 is 1.80 bits per heavy atom. The fraction of sp³-hybridized carbons (Fsp3) is 0.194. The lowest BCUT2D eigenvalue weighted by Gasteiger charge is -2.14. The molecule has 10 heteroatoms. The molecular formula is C31H28N6O4. The molecule has 2 amide bonds. The molecule has 2 aromatic carbocycles. The van der Waals surface area contributed by atoms with E-state index in [0.29, 0.717) is 47.6 Å². The number of hydrogen-bond acceptors (Lipinski definition) is 6. The van der Waals surface area contributed by atoms with E-state index >= 15 is 0 Å². The normalized spacial score (nSPS) is 11.0. The van der Waals surface area contributed by atoms with Gasteiger partial charge in [-0.25, -0.2) is 4.98 Å². The average molecular weight is 549 g/mol. The molecule has 0 aliphatic heterocycles. The molecular weight excluding hydrogens is 520 g/mol. The Morgan fingerprint density at radius 1 is 1.07 bits per heavy atom. The fourth-order valence-corrected chi connectivity index (χ4v) is 5.05. The maximum Gasteiger partial charge on any atom is 0.290 e. The van der Waals surface area contributed by atoms with Gasteiger partial charge in [-0.15, -0.1) is 0 Å². The lowest BCUT2D eigenvalue weighted by atomic mass is 10.0. The number of carbonyl (C=O) groups is 2. The monoisotopic (exact) mass is 548 g/mol. The van der Waals surface area contributed by atoms with E-state index in [4.69, 9.17) is 10.3 Å². The van der Waals surface area contributed by atoms with Gasteiger partial charge in [0.1, 0.15) is 5.76 Å². The summed E-state index contributed by atoms with van der Waals surface area (Å²) in [5.41, 5.74) is 10.4. The summed E-state index contributed by atoms with van der Waals surface area (Å²) in [6.45, 7) is 4.06. The summed E-state index contributed by atoms with van der Waals surface area (Å²) in [6.07, 6.45) is 0.924. The van der Waals surface area contributed by atoms with E-state index < -0.39 is 11.8 Å². The van der Waals surface area contributed by atoms with E-state index in [2.05, 4.69) is 16.4 Å². The van der Waals surface area contributed by atoms with Crippen LogP contribution >= 0.6 is 0 Å². The van der Waals surface area contributed by atoms with Crippen LogP contribution in [0.1, 0.15) is 45.1 Å². The van der Waals surface area contributed by atoms with Gasteiger partial charge in [0.25, 0.3) is 11.5 Å². The van der Waals surface area contributed by atoms with Gasteiger partial charge in [0.05, 0.1) is 17.1 Å². The van der Waals surface area contributed by atoms with Gasteiger partial charge in [0.2, 0.25) is 5.91 Å². The number of carbonyl (C=O) groups excluding carboxylic acids is 2. The number of unbranched alkanes of at least 4 members (excludes halogenated alkanes) is 1. The maximum atomic E-state index is 13.6. The van der Waals surface area contributed by atoms with Crippen molar-refractivity contribution in [2.75, 3.05) is 5.32 Å². The van der Waals surface area contributed by atoms with Crippen LogP contribution in [0.2, 0.25) is 0 Å². The van der Waals surface area contributed by atoms with E-state index in [1.165, 1.54) is 10.8 Å². The minimum absolute atomic E-state index is 0.209. The Balaban J connectivity index is 1.60. The number of aromatic nitrogens is 3. The first-order valence-corrected chi connectivity index (χ1v) is 13.0. The van der Waals surface area contributed by atoms with Gasteiger partial charge in [-0.1, -0.05) is 30.3 Å². The van der Waals surface area contributed by atoms with E-state index in [0.717, 1.165) is 22.2 Å². The summed E-state index contributed by atoms with van der Waals surface area (Å²) in [5, 5.41) is 12.8. The minimum Gasteiger partial charge on any atom is -0.381 e. The van der Waals surface area contributed by atoms with Crippen molar-refractivity contribution in [2.45, 2.75) is 33.2 Å². The number of nitrogens with one attached hydrogen (secondary N) is 1. The Bertz CT molecular complexity index is 1900. The molecule has 3 N–H and O–H groups in total. The topological polar surface area (TPSA) is 149 Å². The van der Waals surface area contributed by atoms with Crippen molar-refractivity contribution in [1.82, 2.24) is 14.3 Å². The molecule has 0 unspecified atom stereocenters. The number of primary amides is 1. The number of benzene rings is 2. The molecule has 0 bridgehead atoms. The van der Waals surface area contributed by atoms with Crippen LogP contribution in [0.15, 0.2) is 70.0 Å². The quantitative estimate of drug-likeness (QED) is 0.263. The molecule has 10 nitrogen and oxygen atoms in total. The van der Waals surface area contributed by atoms with Gasteiger partial charge in [0.15, 0.2) is 5.69 Å². The van der Waals surface area contributed by atoms with Gasteiger partial charge >= 0.3 is 0 Å². The molecule has 3 heterocycles. The maximum absolute atomic E-state index is 13.6. The zero-order valence-electron chi connectivity index (χ0n) is 22.9. The first kappa shape index (κ1) is 27.1. The van der Waals surface area contributed by atoms with E-state index in [1.54, 1.807) is 32.2 Å². The number of nitrogens with zero attached hydrogens (tertiary/aromatic N) is 4. The minimum atomic E-state index is -0.595. The molecule has 206 valence electrons. The molecule has 5 aromatic rings. The van der Waals surface area contributed by atoms with Crippen LogP contribution in [0.4, 0.5) is 5.69 Å². The third kappa shape index (κ3) is 5.25. The number of hydrogen-bond donors (Lipinski definition) is 2. The average Bonchev–Trinajstić information content (AvgIpc) is 3.43. The van der Waals surface area contributed by atoms with Gasteiger partial charge in [-0.05, 0) is 61.7 Å². The smallest absolute Gasteiger partial charge is 0.290 e. The third-order valence-electron chi connectivity index (χ3n) is 6.89. The second kappa shape index (κ2) is 11.0. The van der Waals surface area contributed by atoms with E-state index in [9.17, 15) is 19.6 Å². The number of rotatable bonds is 8. The largest absolute Gasteiger partial charge is 0.381 e. The van der Waals surface area contributed by atoms with Crippen LogP contribution in [0.5, 0.6) is 0 Å². The van der Waals surface area contributed by atoms with Crippen molar-refractivity contribution in [3.05, 3.63) is 93.7 Å². The zero-order chi connectivity index (χ0) is 29.3. The third-order valence-corrected chi connectivity index (χ3v) is 6.89. The summed E-state index contributed by atoms with van der Waals surface area (Å²) in [4.78, 5) is 42.3. The molecule has 3 aromatic heterocycles. The molecule has 0 spiro atoms. The lowest BCUT2D eigenvalue weighted by molar-refractivity contribution is 0.0995. The van der Waals surface area contributed by atoms with Crippen molar-refractivity contribution in [3.63, 3.8) is 0 Å². The second-order valence-electron chi connectivity index (χ2n) is 9.79. The second-order valence-corrected chi connectivity index (χ2v) is 9.79. The summed E-state index contributed by atoms with van der Waals surface area (Å²) >= 11 is 0. The number of pyridine rings is 1. The highest BCUT2D eigenvalue weighted by molar-refractivity contribution is 6.12. The SMILES string of the molecule is Cc1cc2cc(-c3ccc(-c4c(C)on(C)c4=O)cc3)n(CCCC#N)c2c(C(=O)Nc2cccc(C(N)=O)c2)n1. The number of nitriles is 1. The Morgan fingerprint density at radius 3 is 2.46 bits per heavy atom. The molecule has 5 rings (SSSR count). The highest BCUT2D eigenvalue weighted by Gasteiger charge is 2.21. The Kier molecular flexibility index (Phi) is 7.27. The number of fused-ring (bicyclic) bond motifs is 1. The lowest BCUT2D eigenvalue weighted by Crippen LogP contribution is -2.17. The van der Waals surface area contributed by atoms with Crippen LogP contribution in [0, 0.1) is 25.2 Å². The van der Waals surface area contributed by atoms with Gasteiger partial charge < -0.3 is 20.1 Å². The Hall–Kier alpha value is -5.43. The molecule has 0 radical (unpaired) electrons. The standard InChI is InChI=1S/C31H28N6O4/c1-18-15-23-17-25(20-9-11-21(12-10-20)26-19(2)41-36(3)31(26)40)37(14-5-4-13-32)28(23)27(34-18)30(39)35-24-8-6-7-22(16-24)29(33)38/h6-12,15-17H,4-5,14H2,1-3H3,(H2,33,38)(H,35,39). The summed E-state index contributed by atoms with van der Waals surface area (Å²) in [7, 11) is 1.57. The van der Waals surface area contributed by atoms with Gasteiger partial charge in [0, 0.05) is 48.0 Å². The van der Waals surface area contributed by atoms with Crippen molar-refractivity contribution in [2.24, 2.45) is 12.8 Å². The van der Waals surface area contributed by atoms with Crippen LogP contribution < -0.4 is 16.6 Å². The molecule has 0 atom stereocenters. The van der Waals surface area contributed by atoms with Gasteiger partial charge in [-0.2, -0.15) is 10.0 Å². The molecule has 0 saturated carbocycles. The summed E-state index contributed by atoms with van der Waals surface area (Å²) < 4.78 is 8.65. The van der Waals surface area contributed by atoms with Crippen molar-refractivity contribution < 1.29 is 14.1 Å². The highest BCUT2D eigenvalue weighted by atomic mass is 16.5. The Labute approximate surface area is 235 Å². The highest BCUT2D eigenvalue weighted by Crippen LogP contribution is 2.33. The van der Waals surface area contributed by atoms with Crippen molar-refractivity contribution in [1.29, 1.82) is 5.26 Å².